The first-order chi connectivity index (χ1) is 23.4. The van der Waals surface area contributed by atoms with E-state index >= 15 is 0 Å². The van der Waals surface area contributed by atoms with Gasteiger partial charge in [0.05, 0.1) is 31.2 Å². The molecule has 0 unspecified atom stereocenters. The Bertz CT molecular complexity index is 1530. The number of hydrogen-bond acceptors (Lipinski definition) is 7. The third-order valence-electron chi connectivity index (χ3n) is 10.0. The number of ether oxygens (including phenoxy) is 2. The molecule has 0 radical (unpaired) electrons. The predicted octanol–water partition coefficient (Wildman–Crippen LogP) is 3.51. The molecule has 10 nitrogen and oxygen atoms in total. The summed E-state index contributed by atoms with van der Waals surface area (Å²) >= 11 is 0. The molecule has 4 heterocycles. The summed E-state index contributed by atoms with van der Waals surface area (Å²) in [7, 11) is 0. The summed E-state index contributed by atoms with van der Waals surface area (Å²) < 4.78 is 13.0. The van der Waals surface area contributed by atoms with Crippen molar-refractivity contribution in [2.75, 3.05) is 26.2 Å². The van der Waals surface area contributed by atoms with E-state index in [2.05, 4.69) is 12.2 Å². The third-order valence-corrected chi connectivity index (χ3v) is 10.0. The van der Waals surface area contributed by atoms with E-state index in [1.807, 2.05) is 66.7 Å². The minimum atomic E-state index is -1.47. The second-order valence-electron chi connectivity index (χ2n) is 13.1. The van der Waals surface area contributed by atoms with E-state index in [0.29, 0.717) is 31.5 Å². The van der Waals surface area contributed by atoms with Gasteiger partial charge in [-0.25, -0.2) is 0 Å². The van der Waals surface area contributed by atoms with Crippen LogP contribution >= 0.6 is 0 Å². The second kappa shape index (κ2) is 14.9. The molecule has 1 spiro atoms. The number of benzene rings is 2. The smallest absolute Gasteiger partial charge is 0.313 e. The summed E-state index contributed by atoms with van der Waals surface area (Å²) in [5.41, 5.74) is 0.149. The van der Waals surface area contributed by atoms with Crippen molar-refractivity contribution in [2.24, 2.45) is 11.8 Å². The number of likely N-dealkylation sites (tertiary alicyclic amines) is 1. The number of fused-ring (bicyclic) bond motifs is 2. The van der Waals surface area contributed by atoms with Gasteiger partial charge in [0.1, 0.15) is 23.7 Å². The van der Waals surface area contributed by atoms with Gasteiger partial charge in [-0.2, -0.15) is 0 Å². The first-order valence-electron chi connectivity index (χ1n) is 17.2. The fraction of sp³-hybridized carbons (Fsp3) is 0.474. The molecule has 4 aliphatic rings. The summed E-state index contributed by atoms with van der Waals surface area (Å²) in [6, 6.07) is 16.9. The van der Waals surface area contributed by atoms with E-state index in [0.717, 1.165) is 24.8 Å². The van der Waals surface area contributed by atoms with Gasteiger partial charge in [-0.05, 0) is 30.4 Å². The van der Waals surface area contributed by atoms with Crippen LogP contribution in [-0.4, -0.2) is 88.6 Å². The molecule has 2 fully saturated rings. The van der Waals surface area contributed by atoms with Crippen LogP contribution in [0.5, 0.6) is 0 Å². The second-order valence-corrected chi connectivity index (χ2v) is 13.1. The van der Waals surface area contributed by atoms with Crippen molar-refractivity contribution in [1.82, 2.24) is 15.1 Å². The molecular formula is C38H45N3O7. The number of carbonyl (C=O) groups excluding carboxylic acids is 4. The van der Waals surface area contributed by atoms with Crippen LogP contribution in [0.25, 0.3) is 0 Å². The molecule has 48 heavy (non-hydrogen) atoms. The van der Waals surface area contributed by atoms with E-state index < -0.39 is 53.6 Å². The molecule has 10 heteroatoms. The first-order valence-corrected chi connectivity index (χ1v) is 17.2. The van der Waals surface area contributed by atoms with Gasteiger partial charge >= 0.3 is 5.97 Å². The topological polar surface area (TPSA) is 125 Å². The lowest BCUT2D eigenvalue weighted by Crippen LogP contribution is -2.58. The van der Waals surface area contributed by atoms with E-state index in [4.69, 9.17) is 9.47 Å². The van der Waals surface area contributed by atoms with Crippen molar-refractivity contribution in [3.8, 4) is 0 Å². The van der Waals surface area contributed by atoms with Gasteiger partial charge in [0.15, 0.2) is 0 Å². The quantitative estimate of drug-likeness (QED) is 0.241. The Morgan fingerprint density at radius 2 is 1.73 bits per heavy atom. The highest BCUT2D eigenvalue weighted by Gasteiger charge is 2.72. The monoisotopic (exact) mass is 655 g/mol. The third kappa shape index (κ3) is 6.56. The minimum absolute atomic E-state index is 0.0732. The SMILES string of the molecule is CCCCCN1CC=C[C@@]23O[C@H]4/C=C\CCC(=O)NC[C@H](c5ccccc5)OC(=O)[C@H]4[C@@H]2C(=O)N([C@@H](CO)Cc2ccccc2)[C@H]3C1=O. The maximum absolute atomic E-state index is 14.9. The zero-order valence-corrected chi connectivity index (χ0v) is 27.4. The van der Waals surface area contributed by atoms with Crippen LogP contribution in [0.4, 0.5) is 0 Å². The van der Waals surface area contributed by atoms with Gasteiger partial charge in [-0.15, -0.1) is 0 Å². The van der Waals surface area contributed by atoms with Gasteiger partial charge < -0.3 is 29.7 Å². The average Bonchev–Trinajstić information content (AvgIpc) is 3.50. The summed E-state index contributed by atoms with van der Waals surface area (Å²) in [5, 5.41) is 13.6. The highest BCUT2D eigenvalue weighted by Crippen LogP contribution is 2.54. The molecule has 2 aromatic carbocycles. The number of aliphatic hydroxyl groups is 1. The van der Waals surface area contributed by atoms with E-state index in [1.54, 1.807) is 23.1 Å². The average molecular weight is 656 g/mol. The van der Waals surface area contributed by atoms with Crippen LogP contribution in [0, 0.1) is 11.8 Å². The molecule has 0 bridgehead atoms. The number of rotatable bonds is 9. The normalized spacial score (nSPS) is 30.2. The van der Waals surface area contributed by atoms with Crippen molar-refractivity contribution in [2.45, 2.75) is 75.3 Å². The van der Waals surface area contributed by atoms with Crippen LogP contribution in [0.1, 0.15) is 56.3 Å². The van der Waals surface area contributed by atoms with Crippen LogP contribution < -0.4 is 5.32 Å². The molecule has 2 N–H and O–H groups in total. The molecule has 2 saturated heterocycles. The van der Waals surface area contributed by atoms with Crippen LogP contribution in [0.15, 0.2) is 85.0 Å². The molecule has 0 aromatic heterocycles. The van der Waals surface area contributed by atoms with E-state index in [9.17, 15) is 24.3 Å². The Hall–Kier alpha value is -4.28. The van der Waals surface area contributed by atoms with Crippen molar-refractivity contribution in [3.05, 3.63) is 96.1 Å². The largest absolute Gasteiger partial charge is 0.455 e. The number of allylic oxidation sites excluding steroid dienone is 1. The number of nitrogens with one attached hydrogen (secondary N) is 1. The maximum Gasteiger partial charge on any atom is 0.313 e. The van der Waals surface area contributed by atoms with Gasteiger partial charge in [-0.1, -0.05) is 105 Å². The highest BCUT2D eigenvalue weighted by molar-refractivity contribution is 5.99. The Kier molecular flexibility index (Phi) is 10.4. The Labute approximate surface area is 281 Å². The van der Waals surface area contributed by atoms with E-state index in [-0.39, 0.29) is 31.4 Å². The predicted molar refractivity (Wildman–Crippen MR) is 178 cm³/mol. The molecule has 6 rings (SSSR count). The summed E-state index contributed by atoms with van der Waals surface area (Å²) in [6.07, 6.45) is 9.26. The number of nitrogens with zero attached hydrogens (tertiary/aromatic N) is 2. The maximum atomic E-state index is 14.9. The molecule has 7 atom stereocenters. The van der Waals surface area contributed by atoms with Crippen LogP contribution in [-0.2, 0) is 35.1 Å². The van der Waals surface area contributed by atoms with Crippen molar-refractivity contribution < 1.29 is 33.8 Å². The lowest BCUT2D eigenvalue weighted by molar-refractivity contribution is -0.160. The standard InChI is InChI=1S/C38H45N3O7/c1-2-3-12-21-40-22-13-20-38-33(35(44)41(34(38)36(40)45)28(25-42)23-26-14-6-4-7-15-26)32-29(48-38)18-10-11-19-31(43)39-24-30(47-37(32)46)27-16-8-5-9-17-27/h4-10,13-18,20,28-30,32-34,42H,2-3,11-12,19,21-25H2,1H3,(H,39,43)/b18-10-/t28-,29+,30-,32-,33-,34+,38-/m1/s1. The first kappa shape index (κ1) is 33.6. The minimum Gasteiger partial charge on any atom is -0.455 e. The van der Waals surface area contributed by atoms with Crippen LogP contribution in [0.2, 0.25) is 0 Å². The fourth-order valence-corrected chi connectivity index (χ4v) is 7.68. The van der Waals surface area contributed by atoms with E-state index in [1.165, 1.54) is 4.90 Å². The van der Waals surface area contributed by atoms with Gasteiger partial charge in [0, 0.05) is 19.5 Å². The van der Waals surface area contributed by atoms with Crippen molar-refractivity contribution in [1.29, 1.82) is 0 Å². The molecule has 0 saturated carbocycles. The fourth-order valence-electron chi connectivity index (χ4n) is 7.68. The lowest BCUT2D eigenvalue weighted by Gasteiger charge is -2.38. The highest BCUT2D eigenvalue weighted by atomic mass is 16.6. The number of amides is 3. The van der Waals surface area contributed by atoms with Crippen molar-refractivity contribution >= 4 is 23.7 Å². The number of unbranched alkanes of at least 4 members (excludes halogenated alkanes) is 2. The Balaban J connectivity index is 1.42. The molecular weight excluding hydrogens is 610 g/mol. The number of hydrogen-bond donors (Lipinski definition) is 2. The summed E-state index contributed by atoms with van der Waals surface area (Å²) in [6.45, 7) is 2.67. The Morgan fingerprint density at radius 1 is 0.979 bits per heavy atom. The molecule has 2 aromatic rings. The van der Waals surface area contributed by atoms with Crippen LogP contribution in [0.3, 0.4) is 0 Å². The number of carbonyl (C=O) groups is 4. The van der Waals surface area contributed by atoms with Crippen molar-refractivity contribution in [3.63, 3.8) is 0 Å². The zero-order chi connectivity index (χ0) is 33.7. The van der Waals surface area contributed by atoms with Gasteiger partial charge in [0.2, 0.25) is 17.7 Å². The molecule has 0 aliphatic carbocycles. The number of aliphatic hydroxyl groups excluding tert-OH is 1. The molecule has 4 aliphatic heterocycles. The van der Waals surface area contributed by atoms with Gasteiger partial charge in [0.25, 0.3) is 0 Å². The number of esters is 1. The molecule has 3 amide bonds. The summed E-state index contributed by atoms with van der Waals surface area (Å²) in [5.74, 6) is -3.63. The lowest BCUT2D eigenvalue weighted by atomic mass is 9.78. The molecule has 254 valence electrons. The summed E-state index contributed by atoms with van der Waals surface area (Å²) in [4.78, 5) is 59.8. The number of cyclic esters (lactones) is 1. The zero-order valence-electron chi connectivity index (χ0n) is 27.4. The Morgan fingerprint density at radius 3 is 2.46 bits per heavy atom. The van der Waals surface area contributed by atoms with Gasteiger partial charge in [-0.3, -0.25) is 19.2 Å².